The summed E-state index contributed by atoms with van der Waals surface area (Å²) in [4.78, 5) is 0. The quantitative estimate of drug-likeness (QED) is 0.644. The smallest absolute Gasteiger partial charge is 0.172 e. The largest absolute Gasteiger partial charge is 0.214 e. The molecule has 2 heteroatoms. The molecule has 2 rings (SSSR count). The predicted molar refractivity (Wildman–Crippen MR) is 44.8 cm³/mol. The van der Waals surface area contributed by atoms with Crippen molar-refractivity contribution in [3.8, 4) is 0 Å². The average molecular weight is 237 g/mol. The second kappa shape index (κ2) is 10.4. The summed E-state index contributed by atoms with van der Waals surface area (Å²) in [6.07, 6.45) is 0. The van der Waals surface area contributed by atoms with E-state index in [-0.39, 0.29) is 0 Å². The van der Waals surface area contributed by atoms with E-state index < -0.39 is 0 Å². The van der Waals surface area contributed by atoms with Crippen molar-refractivity contribution < 1.29 is 27.5 Å². The third-order valence-electron chi connectivity index (χ3n) is 1.11. The monoisotopic (exact) mass is 236 g/mol. The van der Waals surface area contributed by atoms with Crippen LogP contribution in [0, 0.1) is 0 Å². The Morgan fingerprint density at radius 3 is 1.00 bits per heavy atom. The van der Waals surface area contributed by atoms with Crippen molar-refractivity contribution in [2.45, 2.75) is 0 Å². The van der Waals surface area contributed by atoms with E-state index in [0.29, 0.717) is 24.7 Å². The van der Waals surface area contributed by atoms with Gasteiger partial charge in [-0.05, 0) is 0 Å². The first-order valence-electron chi connectivity index (χ1n) is 3.54. The van der Waals surface area contributed by atoms with Crippen molar-refractivity contribution in [3.05, 3.63) is 60.7 Å². The van der Waals surface area contributed by atoms with Crippen LogP contribution in [0.2, 0.25) is 0 Å². The van der Waals surface area contributed by atoms with Crippen molar-refractivity contribution in [2.24, 2.45) is 0 Å². The van der Waals surface area contributed by atoms with E-state index in [2.05, 4.69) is 0 Å². The number of hydrogen-bond acceptors (Lipinski definition) is 1. The summed E-state index contributed by atoms with van der Waals surface area (Å²) in [5.41, 5.74) is 0. The fraction of sp³-hybridized carbons (Fsp3) is 0. The van der Waals surface area contributed by atoms with Crippen LogP contribution in [0.3, 0.4) is 0 Å². The molecule has 0 N–H and O–H groups in total. The summed E-state index contributed by atoms with van der Waals surface area (Å²) < 4.78 is 8.34. The zero-order chi connectivity index (χ0) is 9.07. The summed E-state index contributed by atoms with van der Waals surface area (Å²) in [6.45, 7) is 0. The van der Waals surface area contributed by atoms with Crippen LogP contribution in [-0.2, 0) is 27.5 Å². The normalized spacial score (nSPS) is 7.17. The van der Waals surface area contributed by atoms with Crippen LogP contribution in [0.4, 0.5) is 0 Å². The van der Waals surface area contributed by atoms with E-state index in [0.717, 1.165) is 0 Å². The standard InChI is InChI=1S/2C5H5.O.Zr/c2*1-2-4-5-3-1;;/h2*1-5H;;/q2*-1;;+2. The Kier molecular flexibility index (Phi) is 9.85. The Morgan fingerprint density at radius 2 is 0.917 bits per heavy atom. The van der Waals surface area contributed by atoms with E-state index in [1.807, 2.05) is 60.7 Å². The molecule has 0 fully saturated rings. The zero-order valence-corrected chi connectivity index (χ0v) is 9.14. The van der Waals surface area contributed by atoms with E-state index >= 15 is 0 Å². The second-order valence-corrected chi connectivity index (χ2v) is 1.92. The molecule has 0 bridgehead atoms. The summed E-state index contributed by atoms with van der Waals surface area (Å²) >= 11 is 0.300. The fourth-order valence-electron chi connectivity index (χ4n) is 0.642. The van der Waals surface area contributed by atoms with Gasteiger partial charge in [-0.3, -0.25) is 0 Å². The van der Waals surface area contributed by atoms with Gasteiger partial charge in [0.15, 0.2) is 0 Å². The first-order valence-corrected chi connectivity index (χ1v) is 4.54. The molecule has 0 saturated carbocycles. The molecule has 0 aliphatic rings. The van der Waals surface area contributed by atoms with Crippen LogP contribution in [-0.4, -0.2) is 0 Å². The molecule has 12 heavy (non-hydrogen) atoms. The minimum absolute atomic E-state index is 0.300. The molecule has 2 aromatic carbocycles. The van der Waals surface area contributed by atoms with Crippen LogP contribution in [0.25, 0.3) is 0 Å². The van der Waals surface area contributed by atoms with Gasteiger partial charge in [-0.25, -0.2) is 24.3 Å². The molecule has 0 aromatic heterocycles. The average Bonchev–Trinajstić information content (AvgIpc) is 2.87. The van der Waals surface area contributed by atoms with Crippen LogP contribution < -0.4 is 0 Å². The molecule has 60 valence electrons. The van der Waals surface area contributed by atoms with Gasteiger partial charge in [0, 0.05) is 0 Å². The predicted octanol–water partition coefficient (Wildman–Crippen LogP) is 2.69. The molecule has 0 amide bonds. The van der Waals surface area contributed by atoms with Crippen LogP contribution in [0.5, 0.6) is 0 Å². The molecular formula is C10H10OZr. The van der Waals surface area contributed by atoms with E-state index in [4.69, 9.17) is 2.81 Å². The third kappa shape index (κ3) is 7.49. The molecule has 0 unspecified atom stereocenters. The molecule has 0 spiro atoms. The summed E-state index contributed by atoms with van der Waals surface area (Å²) in [5, 5.41) is 0. The fourth-order valence-corrected chi connectivity index (χ4v) is 0.642. The van der Waals surface area contributed by atoms with Gasteiger partial charge in [-0.15, -0.1) is 0 Å². The van der Waals surface area contributed by atoms with E-state index in [9.17, 15) is 0 Å². The van der Waals surface area contributed by atoms with Crippen LogP contribution in [0.1, 0.15) is 0 Å². The SMILES string of the molecule is [O]=[Zr+2].c1cc[cH-]c1.c1cc[cH-]c1. The van der Waals surface area contributed by atoms with E-state index in [1.165, 1.54) is 0 Å². The van der Waals surface area contributed by atoms with Crippen LogP contribution in [0.15, 0.2) is 60.7 Å². The first kappa shape index (κ1) is 11.4. The van der Waals surface area contributed by atoms with Crippen molar-refractivity contribution in [3.63, 3.8) is 0 Å². The molecule has 0 aliphatic heterocycles. The maximum atomic E-state index is 8.34. The molecule has 0 saturated heterocycles. The number of hydrogen-bond donors (Lipinski definition) is 0. The molecule has 2 aromatic rings. The Morgan fingerprint density at radius 1 is 0.667 bits per heavy atom. The minimum atomic E-state index is 0.300. The minimum Gasteiger partial charge on any atom is -0.214 e. The molecule has 1 nitrogen and oxygen atoms in total. The van der Waals surface area contributed by atoms with Crippen molar-refractivity contribution >= 4 is 0 Å². The van der Waals surface area contributed by atoms with Gasteiger partial charge < -0.3 is 0 Å². The van der Waals surface area contributed by atoms with Crippen molar-refractivity contribution in [1.29, 1.82) is 0 Å². The van der Waals surface area contributed by atoms with Gasteiger partial charge in [0.05, 0.1) is 0 Å². The molecular weight excluding hydrogens is 227 g/mol. The van der Waals surface area contributed by atoms with Gasteiger partial charge >= 0.3 is 27.5 Å². The second-order valence-electron chi connectivity index (χ2n) is 1.92. The molecule has 0 radical (unpaired) electrons. The summed E-state index contributed by atoms with van der Waals surface area (Å²) in [5.74, 6) is 0. The Balaban J connectivity index is 0.000000168. The Bertz CT molecular complexity index is 161. The van der Waals surface area contributed by atoms with Crippen LogP contribution >= 0.6 is 0 Å². The maximum Gasteiger partial charge on any atom is -0.172 e. The number of rotatable bonds is 0. The molecule has 0 aliphatic carbocycles. The van der Waals surface area contributed by atoms with Gasteiger partial charge in [-0.1, -0.05) is 0 Å². The summed E-state index contributed by atoms with van der Waals surface area (Å²) in [7, 11) is 0. The van der Waals surface area contributed by atoms with Crippen molar-refractivity contribution in [1.82, 2.24) is 0 Å². The van der Waals surface area contributed by atoms with E-state index in [1.54, 1.807) is 0 Å². The molecule has 0 atom stereocenters. The molecule has 0 heterocycles. The van der Waals surface area contributed by atoms with Gasteiger partial charge in [0.1, 0.15) is 0 Å². The topological polar surface area (TPSA) is 17.1 Å². The third-order valence-corrected chi connectivity index (χ3v) is 1.11. The van der Waals surface area contributed by atoms with Crippen molar-refractivity contribution in [2.75, 3.05) is 0 Å². The summed E-state index contributed by atoms with van der Waals surface area (Å²) in [6, 6.07) is 20.0. The Hall–Kier alpha value is -0.617. The van der Waals surface area contributed by atoms with Gasteiger partial charge in [-0.2, -0.15) is 36.4 Å². The van der Waals surface area contributed by atoms with Gasteiger partial charge in [0.2, 0.25) is 0 Å². The first-order chi connectivity index (χ1) is 6.00. The zero-order valence-electron chi connectivity index (χ0n) is 6.68. The van der Waals surface area contributed by atoms with Gasteiger partial charge in [0.25, 0.3) is 0 Å². The maximum absolute atomic E-state index is 8.34. The Labute approximate surface area is 88.1 Å².